The molecule has 0 bridgehead atoms. The van der Waals surface area contributed by atoms with E-state index in [-0.39, 0.29) is 6.61 Å². The maximum atomic E-state index is 16.2. The molecule has 0 radical (unpaired) electrons. The molecule has 3 heteroatoms. The van der Waals surface area contributed by atoms with Gasteiger partial charge in [0.15, 0.2) is 0 Å². The van der Waals surface area contributed by atoms with Gasteiger partial charge in [-0.15, -0.1) is 0 Å². The molecule has 0 saturated carbocycles. The zero-order chi connectivity index (χ0) is 17.4. The Kier molecular flexibility index (Phi) is 8.51. The average molecular weight is 330 g/mol. The molecule has 2 unspecified atom stereocenters. The van der Waals surface area contributed by atoms with Crippen molar-refractivity contribution in [3.8, 4) is 0 Å². The minimum atomic E-state index is -1.25. The van der Waals surface area contributed by atoms with Gasteiger partial charge < -0.3 is 10.5 Å². The van der Waals surface area contributed by atoms with Gasteiger partial charge in [0.1, 0.15) is 11.4 Å². The molecule has 0 amide bonds. The minimum Gasteiger partial charge on any atom is -0.357 e. The van der Waals surface area contributed by atoms with E-state index in [4.69, 9.17) is 10.5 Å². The number of hydrogen-bond donors (Lipinski definition) is 1. The smallest absolute Gasteiger partial charge is 0.143 e. The first-order chi connectivity index (χ1) is 10.9. The van der Waals surface area contributed by atoms with E-state index in [2.05, 4.69) is 27.7 Å². The monoisotopic (exact) mass is 329 g/mol. The maximum absolute atomic E-state index is 16.2. The summed E-state index contributed by atoms with van der Waals surface area (Å²) in [6, 6.07) is 0. The van der Waals surface area contributed by atoms with Crippen LogP contribution in [-0.2, 0) is 4.74 Å². The van der Waals surface area contributed by atoms with Crippen LogP contribution in [0.4, 0.5) is 4.39 Å². The van der Waals surface area contributed by atoms with Crippen LogP contribution in [0.5, 0.6) is 0 Å². The largest absolute Gasteiger partial charge is 0.357 e. The summed E-state index contributed by atoms with van der Waals surface area (Å²) in [6.45, 7) is 8.85. The van der Waals surface area contributed by atoms with E-state index < -0.39 is 16.8 Å². The second-order valence-electron chi connectivity index (χ2n) is 7.64. The molecular weight excluding hydrogens is 289 g/mol. The lowest BCUT2D eigenvalue weighted by atomic mass is 9.60. The fraction of sp³-hybridized carbons (Fsp3) is 1.00. The van der Waals surface area contributed by atoms with E-state index >= 15 is 4.39 Å². The van der Waals surface area contributed by atoms with Crippen LogP contribution in [0.2, 0.25) is 0 Å². The fourth-order valence-electron chi connectivity index (χ4n) is 4.37. The zero-order valence-corrected chi connectivity index (χ0v) is 16.1. The predicted octanol–water partition coefficient (Wildman–Crippen LogP) is 6.13. The highest BCUT2D eigenvalue weighted by atomic mass is 19.1. The summed E-state index contributed by atoms with van der Waals surface area (Å²) in [5.74, 6) is 0. The number of rotatable bonds is 12. The molecule has 0 aromatic carbocycles. The Labute approximate surface area is 143 Å². The topological polar surface area (TPSA) is 35.2 Å². The second-order valence-corrected chi connectivity index (χ2v) is 7.64. The van der Waals surface area contributed by atoms with Gasteiger partial charge in [0.25, 0.3) is 0 Å². The molecule has 2 N–H and O–H groups in total. The highest BCUT2D eigenvalue weighted by Crippen LogP contribution is 2.59. The summed E-state index contributed by atoms with van der Waals surface area (Å²) in [5, 5.41) is 0. The Morgan fingerprint density at radius 3 is 1.70 bits per heavy atom. The Bertz CT molecular complexity index is 304. The molecule has 0 aliphatic carbocycles. The van der Waals surface area contributed by atoms with Gasteiger partial charge in [-0.1, -0.05) is 72.6 Å². The van der Waals surface area contributed by atoms with Gasteiger partial charge in [-0.2, -0.15) is 0 Å². The summed E-state index contributed by atoms with van der Waals surface area (Å²) in [7, 11) is 0. The van der Waals surface area contributed by atoms with Crippen LogP contribution in [0, 0.1) is 5.41 Å². The summed E-state index contributed by atoms with van der Waals surface area (Å²) < 4.78 is 22.3. The van der Waals surface area contributed by atoms with E-state index in [1.165, 1.54) is 0 Å². The predicted molar refractivity (Wildman–Crippen MR) is 97.2 cm³/mol. The molecule has 0 aromatic heterocycles. The molecule has 138 valence electrons. The van der Waals surface area contributed by atoms with Crippen LogP contribution in [0.25, 0.3) is 0 Å². The normalized spacial score (nSPS) is 30.0. The van der Waals surface area contributed by atoms with Crippen LogP contribution in [0.3, 0.4) is 0 Å². The summed E-state index contributed by atoms with van der Waals surface area (Å²) >= 11 is 0. The third kappa shape index (κ3) is 4.28. The van der Waals surface area contributed by atoms with Crippen molar-refractivity contribution < 1.29 is 9.13 Å². The lowest BCUT2D eigenvalue weighted by Gasteiger charge is -2.48. The van der Waals surface area contributed by atoms with Gasteiger partial charge in [-0.25, -0.2) is 4.39 Å². The van der Waals surface area contributed by atoms with Crippen molar-refractivity contribution in [1.29, 1.82) is 0 Å². The van der Waals surface area contributed by atoms with Gasteiger partial charge >= 0.3 is 0 Å². The Hall–Kier alpha value is -0.150. The van der Waals surface area contributed by atoms with E-state index in [0.717, 1.165) is 70.6 Å². The molecule has 1 rings (SSSR count). The van der Waals surface area contributed by atoms with Gasteiger partial charge in [-0.05, 0) is 32.1 Å². The summed E-state index contributed by atoms with van der Waals surface area (Å²) in [5.41, 5.74) is 4.25. The number of alkyl halides is 1. The molecule has 0 spiro atoms. The van der Waals surface area contributed by atoms with E-state index in [9.17, 15) is 0 Å². The van der Waals surface area contributed by atoms with Gasteiger partial charge in [0.2, 0.25) is 0 Å². The number of halogens is 1. The van der Waals surface area contributed by atoms with Crippen molar-refractivity contribution in [2.45, 2.75) is 116 Å². The van der Waals surface area contributed by atoms with Gasteiger partial charge in [-0.3, -0.25) is 0 Å². The Morgan fingerprint density at radius 1 is 0.783 bits per heavy atom. The van der Waals surface area contributed by atoms with Crippen molar-refractivity contribution >= 4 is 0 Å². The van der Waals surface area contributed by atoms with E-state index in [1.807, 2.05) is 0 Å². The molecule has 2 atom stereocenters. The first-order valence-electron chi connectivity index (χ1n) is 10.1. The number of nitrogens with two attached hydrogens (primary N) is 1. The quantitative estimate of drug-likeness (QED) is 0.467. The SMILES string of the molecule is CCCCC1(F)COC(N)(CCCC)C1(CCCC)CCCC. The lowest BCUT2D eigenvalue weighted by Crippen LogP contribution is -2.59. The lowest BCUT2D eigenvalue weighted by molar-refractivity contribution is -0.0955. The third-order valence-corrected chi connectivity index (χ3v) is 5.97. The highest BCUT2D eigenvalue weighted by Gasteiger charge is 2.66. The van der Waals surface area contributed by atoms with Crippen LogP contribution >= 0.6 is 0 Å². The number of unbranched alkanes of at least 4 members (excludes halogenated alkanes) is 4. The van der Waals surface area contributed by atoms with Crippen molar-refractivity contribution in [3.63, 3.8) is 0 Å². The maximum Gasteiger partial charge on any atom is 0.143 e. The molecule has 23 heavy (non-hydrogen) atoms. The summed E-state index contributed by atoms with van der Waals surface area (Å²) in [4.78, 5) is 0. The van der Waals surface area contributed by atoms with E-state index in [1.54, 1.807) is 0 Å². The summed E-state index contributed by atoms with van der Waals surface area (Å²) in [6.07, 6.45) is 11.4. The van der Waals surface area contributed by atoms with Gasteiger partial charge in [0.05, 0.1) is 6.61 Å². The van der Waals surface area contributed by atoms with E-state index in [0.29, 0.717) is 6.42 Å². The van der Waals surface area contributed by atoms with Crippen LogP contribution in [0.1, 0.15) is 105 Å². The van der Waals surface area contributed by atoms with Crippen LogP contribution < -0.4 is 5.73 Å². The molecule has 0 aromatic rings. The first-order valence-corrected chi connectivity index (χ1v) is 10.1. The highest BCUT2D eigenvalue weighted by molar-refractivity contribution is 5.13. The Morgan fingerprint density at radius 2 is 1.22 bits per heavy atom. The van der Waals surface area contributed by atoms with Gasteiger partial charge in [0, 0.05) is 5.41 Å². The minimum absolute atomic E-state index is 0.195. The van der Waals surface area contributed by atoms with Crippen molar-refractivity contribution in [3.05, 3.63) is 0 Å². The van der Waals surface area contributed by atoms with Crippen molar-refractivity contribution in [2.75, 3.05) is 6.61 Å². The third-order valence-electron chi connectivity index (χ3n) is 5.97. The standard InChI is InChI=1S/C20H40FNO/c1-5-9-13-18(14-10-6-2)19(21,15-11-7-3)17-23-20(18,22)16-12-8-4/h5-17,22H2,1-4H3. The number of hydrogen-bond acceptors (Lipinski definition) is 2. The zero-order valence-electron chi connectivity index (χ0n) is 16.1. The fourth-order valence-corrected chi connectivity index (χ4v) is 4.37. The molecule has 1 heterocycles. The molecule has 1 aliphatic heterocycles. The van der Waals surface area contributed by atoms with Crippen molar-refractivity contribution in [1.82, 2.24) is 0 Å². The molecule has 1 saturated heterocycles. The van der Waals surface area contributed by atoms with Crippen LogP contribution in [0.15, 0.2) is 0 Å². The molecule has 2 nitrogen and oxygen atoms in total. The molecule has 1 fully saturated rings. The average Bonchev–Trinajstić information content (AvgIpc) is 2.77. The van der Waals surface area contributed by atoms with Crippen molar-refractivity contribution in [2.24, 2.45) is 11.1 Å². The molecule has 1 aliphatic rings. The first kappa shape index (κ1) is 20.9. The van der Waals surface area contributed by atoms with Crippen LogP contribution in [-0.4, -0.2) is 18.0 Å². The Balaban J connectivity index is 3.17. The molecular formula is C20H40FNO. The second kappa shape index (κ2) is 9.36. The number of ether oxygens (including phenoxy) is 1.